The Morgan fingerprint density at radius 3 is 2.51 bits per heavy atom. The van der Waals surface area contributed by atoms with Crippen LogP contribution in [0.4, 0.5) is 0 Å². The lowest BCUT2D eigenvalue weighted by Crippen LogP contribution is -2.62. The number of amides is 1. The molecule has 2 fully saturated rings. The van der Waals surface area contributed by atoms with Gasteiger partial charge in [-0.1, -0.05) is 39.0 Å². The van der Waals surface area contributed by atoms with Crippen LogP contribution in [-0.2, 0) is 21.4 Å². The molecule has 8 nitrogen and oxygen atoms in total. The maximum atomic E-state index is 14.9. The van der Waals surface area contributed by atoms with Crippen molar-refractivity contribution in [2.75, 3.05) is 6.61 Å². The van der Waals surface area contributed by atoms with E-state index in [9.17, 15) is 24.9 Å². The van der Waals surface area contributed by atoms with E-state index in [-0.39, 0.29) is 47.0 Å². The van der Waals surface area contributed by atoms with Gasteiger partial charge in [0.2, 0.25) is 5.91 Å². The normalized spacial score (nSPS) is 38.9. The van der Waals surface area contributed by atoms with E-state index in [2.05, 4.69) is 63.2 Å². The van der Waals surface area contributed by atoms with Gasteiger partial charge in [0, 0.05) is 39.4 Å². The highest BCUT2D eigenvalue weighted by atomic mass is 16.5. The molecular weight excluding hydrogens is 640 g/mol. The van der Waals surface area contributed by atoms with Crippen molar-refractivity contribution in [1.29, 1.82) is 0 Å². The van der Waals surface area contributed by atoms with Crippen molar-refractivity contribution < 1.29 is 29.6 Å². The van der Waals surface area contributed by atoms with Gasteiger partial charge >= 0.3 is 0 Å². The number of carbonyl (C=O) groups excluding carboxylic acids is 2. The number of rotatable bonds is 5. The molecule has 2 saturated carbocycles. The van der Waals surface area contributed by atoms with Crippen LogP contribution in [0, 0.1) is 28.6 Å². The summed E-state index contributed by atoms with van der Waals surface area (Å²) in [7, 11) is 0. The van der Waals surface area contributed by atoms with Crippen LogP contribution >= 0.6 is 0 Å². The first-order valence-electron chi connectivity index (χ1n) is 19.1. The third-order valence-corrected chi connectivity index (χ3v) is 14.9. The Hall–Kier alpha value is -3.04. The summed E-state index contributed by atoms with van der Waals surface area (Å²) in [5.41, 5.74) is 5.31. The second kappa shape index (κ2) is 10.8. The lowest BCUT2D eigenvalue weighted by atomic mass is 9.40. The average molecular weight is 697 g/mol. The number of carbonyl (C=O) groups is 2. The van der Waals surface area contributed by atoms with Crippen LogP contribution in [0.5, 0.6) is 0 Å². The quantitative estimate of drug-likeness (QED) is 0.205. The number of aromatic nitrogens is 1. The molecule has 2 aromatic rings. The summed E-state index contributed by atoms with van der Waals surface area (Å²) in [5, 5.41) is 37.2. The van der Waals surface area contributed by atoms with Crippen LogP contribution in [0.3, 0.4) is 0 Å². The fourth-order valence-electron chi connectivity index (χ4n) is 12.7. The second-order valence-electron chi connectivity index (χ2n) is 18.7. The zero-order valence-electron chi connectivity index (χ0n) is 31.8. The second-order valence-corrected chi connectivity index (χ2v) is 18.7. The molecule has 1 amide bonds. The molecule has 2 unspecified atom stereocenters. The van der Waals surface area contributed by atoms with E-state index in [0.29, 0.717) is 17.9 Å². The van der Waals surface area contributed by atoms with Gasteiger partial charge in [0.1, 0.15) is 6.04 Å². The topological polar surface area (TPSA) is 121 Å². The Morgan fingerprint density at radius 2 is 1.84 bits per heavy atom. The Balaban J connectivity index is 1.33. The van der Waals surface area contributed by atoms with Crippen molar-refractivity contribution in [2.24, 2.45) is 28.6 Å². The first-order chi connectivity index (χ1) is 23.7. The number of benzene rings is 1. The summed E-state index contributed by atoms with van der Waals surface area (Å²) in [6.07, 6.45) is 8.42. The Bertz CT molecular complexity index is 1980. The van der Waals surface area contributed by atoms with Crippen LogP contribution in [0.25, 0.3) is 16.5 Å². The minimum atomic E-state index is -0.868. The molecule has 0 radical (unpaired) electrons. The largest absolute Gasteiger partial charge is 0.394 e. The third-order valence-electron chi connectivity index (χ3n) is 14.9. The zero-order valence-corrected chi connectivity index (χ0v) is 31.8. The molecule has 1 aromatic carbocycles. The predicted molar refractivity (Wildman–Crippen MR) is 198 cm³/mol. The maximum absolute atomic E-state index is 14.9. The van der Waals surface area contributed by atoms with Crippen LogP contribution in [0.2, 0.25) is 0 Å². The van der Waals surface area contributed by atoms with Crippen molar-refractivity contribution in [3.05, 3.63) is 64.4 Å². The Kier molecular flexibility index (Phi) is 7.40. The van der Waals surface area contributed by atoms with Crippen molar-refractivity contribution >= 4 is 28.2 Å². The summed E-state index contributed by atoms with van der Waals surface area (Å²) in [4.78, 5) is 27.7. The SMILES string of the molecule is C=C(C)[C@H]1C(=O)c2c3c(cc4c5c(n1c24)[C@@]1(C)C(CC[C@H]2[C@](C)(/C=C/C(=O)N[C@H](C)CO)[C@@H](O)CC[C@@]21C)C5)C1=CC(C)(C)OC(C)(C)C1[C@@H]3O. The van der Waals surface area contributed by atoms with E-state index >= 15 is 0 Å². The lowest BCUT2D eigenvalue weighted by molar-refractivity contribution is -0.145. The number of aliphatic hydroxyl groups is 3. The highest BCUT2D eigenvalue weighted by Crippen LogP contribution is 2.71. The molecule has 1 aromatic heterocycles. The molecule has 8 heteroatoms. The van der Waals surface area contributed by atoms with E-state index in [4.69, 9.17) is 4.74 Å². The van der Waals surface area contributed by atoms with Gasteiger partial charge in [0.05, 0.1) is 41.1 Å². The predicted octanol–water partition coefficient (Wildman–Crippen LogP) is 6.65. The molecular formula is C43H56N2O6. The van der Waals surface area contributed by atoms with Crippen molar-refractivity contribution in [3.63, 3.8) is 0 Å². The number of hydrogen-bond donors (Lipinski definition) is 4. The molecule has 0 bridgehead atoms. The van der Waals surface area contributed by atoms with Crippen molar-refractivity contribution in [1.82, 2.24) is 9.88 Å². The minimum absolute atomic E-state index is 0.0120. The smallest absolute Gasteiger partial charge is 0.243 e. The molecule has 0 spiro atoms. The zero-order chi connectivity index (χ0) is 37.0. The molecule has 2 aliphatic heterocycles. The van der Waals surface area contributed by atoms with Crippen molar-refractivity contribution in [2.45, 2.75) is 135 Å². The summed E-state index contributed by atoms with van der Waals surface area (Å²) < 4.78 is 8.85. The minimum Gasteiger partial charge on any atom is -0.394 e. The van der Waals surface area contributed by atoms with Gasteiger partial charge < -0.3 is 29.9 Å². The van der Waals surface area contributed by atoms with E-state index in [0.717, 1.165) is 58.9 Å². The van der Waals surface area contributed by atoms with Gasteiger partial charge in [-0.05, 0) is 126 Å². The van der Waals surface area contributed by atoms with E-state index in [1.807, 2.05) is 26.8 Å². The fraction of sp³-hybridized carbons (Fsp3) is 0.628. The van der Waals surface area contributed by atoms with Crippen LogP contribution in [0.1, 0.15) is 133 Å². The van der Waals surface area contributed by atoms with Crippen LogP contribution in [0.15, 0.2) is 36.4 Å². The van der Waals surface area contributed by atoms with Gasteiger partial charge in [0.15, 0.2) is 5.78 Å². The van der Waals surface area contributed by atoms with Crippen LogP contribution in [-0.4, -0.2) is 61.5 Å². The number of ketones is 1. The van der Waals surface area contributed by atoms with E-state index in [1.165, 1.54) is 11.3 Å². The first-order valence-corrected chi connectivity index (χ1v) is 19.1. The number of aliphatic hydroxyl groups excluding tert-OH is 3. The van der Waals surface area contributed by atoms with E-state index in [1.54, 1.807) is 13.0 Å². The standard InChI is InChI=1S/C43H56N2O6/c1-21(2)34-37(50)32-31-24(27-19-39(4,5)51-40(6,7)33(27)36(31)49)18-25-26-17-23-11-12-28-41(8,15-14-30(48)44-22(3)20-46)29(47)13-16-42(28,9)43(23,10)38(26)45(34)35(25)32/h14-15,18-19,22-23,28-29,33-34,36,46-47,49H,1,11-13,16-17,20H2,2-10H3,(H,44,48)/b15-14+/t22-,23?,28+,29+,33?,34+,36-,41+,42+,43-/m1/s1. The van der Waals surface area contributed by atoms with Gasteiger partial charge in [-0.3, -0.25) is 9.59 Å². The number of fused-ring (bicyclic) bond motifs is 11. The molecule has 4 N–H and O–H groups in total. The number of Topliss-reactive ketones (excluding diaryl/α,β-unsaturated/α-hetero) is 1. The first kappa shape index (κ1) is 35.0. The number of allylic oxidation sites excluding steroid dienone is 1. The highest BCUT2D eigenvalue weighted by Gasteiger charge is 2.68. The van der Waals surface area contributed by atoms with Crippen LogP contribution < -0.4 is 5.32 Å². The highest BCUT2D eigenvalue weighted by molar-refractivity contribution is 6.18. The Morgan fingerprint density at radius 1 is 1.14 bits per heavy atom. The molecule has 10 atom stereocenters. The number of nitrogens with one attached hydrogen (secondary N) is 1. The molecule has 6 aliphatic rings. The van der Waals surface area contributed by atoms with Gasteiger partial charge in [-0.2, -0.15) is 0 Å². The maximum Gasteiger partial charge on any atom is 0.243 e. The Labute approximate surface area is 302 Å². The van der Waals surface area contributed by atoms with E-state index < -0.39 is 34.9 Å². The van der Waals surface area contributed by atoms with Crippen molar-refractivity contribution in [3.8, 4) is 0 Å². The summed E-state index contributed by atoms with van der Waals surface area (Å²) in [5.74, 6) is -0.112. The average Bonchev–Trinajstić information content (AvgIpc) is 3.70. The third kappa shape index (κ3) is 4.34. The number of ether oxygens (including phenoxy) is 1. The number of hydrogen-bond acceptors (Lipinski definition) is 6. The summed E-state index contributed by atoms with van der Waals surface area (Å²) in [6, 6.07) is 1.37. The fourth-order valence-corrected chi connectivity index (χ4v) is 12.7. The molecule has 0 saturated heterocycles. The number of nitrogens with zero attached hydrogens (tertiary/aromatic N) is 1. The molecule has 51 heavy (non-hydrogen) atoms. The summed E-state index contributed by atoms with van der Waals surface area (Å²) >= 11 is 0. The molecule has 8 rings (SSSR count). The van der Waals surface area contributed by atoms with Gasteiger partial charge in [0.25, 0.3) is 0 Å². The monoisotopic (exact) mass is 696 g/mol. The summed E-state index contributed by atoms with van der Waals surface area (Å²) in [6.45, 7) is 23.1. The molecule has 3 heterocycles. The molecule has 4 aliphatic carbocycles. The lowest BCUT2D eigenvalue weighted by Gasteiger charge is -2.64. The van der Waals surface area contributed by atoms with Gasteiger partial charge in [-0.25, -0.2) is 0 Å². The van der Waals surface area contributed by atoms with Gasteiger partial charge in [-0.15, -0.1) is 0 Å². The molecule has 274 valence electrons.